The molecule has 0 saturated carbocycles. The fourth-order valence-electron chi connectivity index (χ4n) is 3.03. The first-order valence-electron chi connectivity index (χ1n) is 9.21. The molecule has 0 saturated heterocycles. The number of allylic oxidation sites excluding steroid dienone is 1. The van der Waals surface area contributed by atoms with E-state index in [-0.39, 0.29) is 16.3 Å². The van der Waals surface area contributed by atoms with Gasteiger partial charge in [0.25, 0.3) is 5.69 Å². The van der Waals surface area contributed by atoms with Crippen LogP contribution in [-0.4, -0.2) is 19.6 Å². The summed E-state index contributed by atoms with van der Waals surface area (Å²) in [4.78, 5) is 16.5. The van der Waals surface area contributed by atoms with Gasteiger partial charge < -0.3 is 0 Å². The molecule has 1 aliphatic heterocycles. The number of hydrogen-bond donors (Lipinski definition) is 0. The van der Waals surface area contributed by atoms with E-state index in [1.54, 1.807) is 36.5 Å². The van der Waals surface area contributed by atoms with Crippen molar-refractivity contribution in [2.24, 2.45) is 4.99 Å². The Morgan fingerprint density at radius 2 is 1.72 bits per heavy atom. The fraction of sp³-hybridized carbons (Fsp3) is 0.0455. The molecule has 10 heteroatoms. The molecule has 162 valence electrons. The van der Waals surface area contributed by atoms with Gasteiger partial charge in [0, 0.05) is 37.1 Å². The van der Waals surface area contributed by atoms with Gasteiger partial charge in [-0.1, -0.05) is 49.7 Å². The second-order valence-corrected chi connectivity index (χ2v) is 11.7. The van der Waals surface area contributed by atoms with Gasteiger partial charge in [-0.15, -0.1) is 0 Å². The smallest absolute Gasteiger partial charge is 0.258 e. The zero-order valence-corrected chi connectivity index (χ0v) is 21.0. The molecule has 0 atom stereocenters. The summed E-state index contributed by atoms with van der Waals surface area (Å²) in [5.74, 6) is -0.146. The van der Waals surface area contributed by atoms with Crippen LogP contribution in [0.2, 0.25) is 0 Å². The average Bonchev–Trinajstić information content (AvgIpc) is 2.76. The van der Waals surface area contributed by atoms with Gasteiger partial charge in [0.15, 0.2) is 9.84 Å². The van der Waals surface area contributed by atoms with Crippen LogP contribution in [0.5, 0.6) is 0 Å². The number of benzene rings is 3. The van der Waals surface area contributed by atoms with Crippen molar-refractivity contribution in [3.63, 3.8) is 0 Å². The van der Waals surface area contributed by atoms with Crippen LogP contribution in [0.4, 0.5) is 11.4 Å². The molecule has 1 aliphatic rings. The van der Waals surface area contributed by atoms with Crippen molar-refractivity contribution in [3.05, 3.63) is 95.8 Å². The predicted molar refractivity (Wildman–Crippen MR) is 134 cm³/mol. The minimum absolute atomic E-state index is 0.0222. The topological polar surface area (TPSA) is 89.6 Å². The lowest BCUT2D eigenvalue weighted by molar-refractivity contribution is -0.384. The number of nitrogens with zero attached hydrogens (tertiary/aromatic N) is 2. The van der Waals surface area contributed by atoms with E-state index in [9.17, 15) is 18.5 Å². The lowest BCUT2D eigenvalue weighted by Crippen LogP contribution is -2.06. The number of aliphatic imine (C=N–C) groups is 1. The normalized spacial score (nSPS) is 14.4. The molecular formula is C22H14Br2N2O4S2. The summed E-state index contributed by atoms with van der Waals surface area (Å²) < 4.78 is 27.6. The highest BCUT2D eigenvalue weighted by atomic mass is 79.9. The second kappa shape index (κ2) is 9.30. The summed E-state index contributed by atoms with van der Waals surface area (Å²) in [6.45, 7) is 0. The molecule has 0 radical (unpaired) electrons. The summed E-state index contributed by atoms with van der Waals surface area (Å²) in [6, 6.07) is 16.6. The van der Waals surface area contributed by atoms with Crippen molar-refractivity contribution in [1.82, 2.24) is 0 Å². The van der Waals surface area contributed by atoms with Gasteiger partial charge in [-0.2, -0.15) is 0 Å². The number of rotatable bonds is 5. The quantitative estimate of drug-likeness (QED) is 0.236. The standard InChI is InChI=1S/C22H14Br2N2O4S2/c23-19-2-1-3-20(24)18(19)13-32(29,30)17-8-9-21-22(11-17)31-16(12-25-21)10-14-4-6-15(7-5-14)26(27)28/h1-12H,13H2/b16-10-. The van der Waals surface area contributed by atoms with E-state index in [2.05, 4.69) is 36.9 Å². The van der Waals surface area contributed by atoms with Crippen molar-refractivity contribution in [2.75, 3.05) is 0 Å². The molecule has 0 amide bonds. The van der Waals surface area contributed by atoms with E-state index in [1.807, 2.05) is 24.3 Å². The van der Waals surface area contributed by atoms with E-state index in [1.165, 1.54) is 23.9 Å². The predicted octanol–water partition coefficient (Wildman–Crippen LogP) is 6.94. The number of non-ortho nitro benzene ring substituents is 1. The lowest BCUT2D eigenvalue weighted by Gasteiger charge is -2.14. The first-order valence-corrected chi connectivity index (χ1v) is 13.3. The summed E-state index contributed by atoms with van der Waals surface area (Å²) >= 11 is 8.24. The van der Waals surface area contributed by atoms with E-state index in [0.29, 0.717) is 11.3 Å². The number of nitro groups is 1. The number of halogens is 2. The maximum atomic E-state index is 13.1. The van der Waals surface area contributed by atoms with Crippen LogP contribution in [0, 0.1) is 10.1 Å². The average molecular weight is 594 g/mol. The first-order chi connectivity index (χ1) is 15.2. The third-order valence-electron chi connectivity index (χ3n) is 4.66. The molecule has 6 nitrogen and oxygen atoms in total. The van der Waals surface area contributed by atoms with Gasteiger partial charge in [-0.3, -0.25) is 15.1 Å². The van der Waals surface area contributed by atoms with Crippen molar-refractivity contribution in [1.29, 1.82) is 0 Å². The summed E-state index contributed by atoms with van der Waals surface area (Å²) in [5.41, 5.74) is 2.16. The van der Waals surface area contributed by atoms with Crippen LogP contribution < -0.4 is 0 Å². The lowest BCUT2D eigenvalue weighted by atomic mass is 10.2. The molecule has 0 bridgehead atoms. The molecule has 0 aliphatic carbocycles. The highest BCUT2D eigenvalue weighted by Crippen LogP contribution is 2.40. The molecule has 32 heavy (non-hydrogen) atoms. The number of fused-ring (bicyclic) bond motifs is 1. The highest BCUT2D eigenvalue weighted by molar-refractivity contribution is 9.11. The van der Waals surface area contributed by atoms with Crippen LogP contribution in [-0.2, 0) is 15.6 Å². The Bertz CT molecular complexity index is 1370. The third-order valence-corrected chi connectivity index (χ3v) is 8.79. The van der Waals surface area contributed by atoms with Crippen LogP contribution >= 0.6 is 43.6 Å². The Kier molecular flexibility index (Phi) is 6.66. The summed E-state index contributed by atoms with van der Waals surface area (Å²) in [6.07, 6.45) is 3.54. The van der Waals surface area contributed by atoms with Crippen molar-refractivity contribution < 1.29 is 13.3 Å². The van der Waals surface area contributed by atoms with Gasteiger partial charge in [-0.05, 0) is 59.7 Å². The molecule has 0 fully saturated rings. The SMILES string of the molecule is O=[N+]([O-])c1ccc(/C=C2/C=Nc3ccc(S(=O)(=O)Cc4c(Br)cccc4Br)cc3S2)cc1. The second-order valence-electron chi connectivity index (χ2n) is 6.84. The Hall–Kier alpha value is -2.27. The van der Waals surface area contributed by atoms with Gasteiger partial charge in [-0.25, -0.2) is 8.42 Å². The minimum Gasteiger partial charge on any atom is -0.258 e. The van der Waals surface area contributed by atoms with Gasteiger partial charge in [0.1, 0.15) is 0 Å². The molecular weight excluding hydrogens is 580 g/mol. The molecule has 0 spiro atoms. The number of thioether (sulfide) groups is 1. The first kappa shape index (κ1) is 22.9. The molecule has 0 unspecified atom stereocenters. The summed E-state index contributed by atoms with van der Waals surface area (Å²) in [7, 11) is -3.59. The molecule has 3 aromatic carbocycles. The van der Waals surface area contributed by atoms with E-state index < -0.39 is 14.8 Å². The zero-order chi connectivity index (χ0) is 22.9. The summed E-state index contributed by atoms with van der Waals surface area (Å²) in [5, 5.41) is 10.8. The molecule has 0 N–H and O–H groups in total. The van der Waals surface area contributed by atoms with Gasteiger partial charge in [0.2, 0.25) is 0 Å². The number of hydrogen-bond acceptors (Lipinski definition) is 6. The number of sulfone groups is 1. The van der Waals surface area contributed by atoms with Crippen LogP contribution in [0.3, 0.4) is 0 Å². The van der Waals surface area contributed by atoms with Crippen molar-refractivity contribution in [3.8, 4) is 0 Å². The molecule has 1 heterocycles. The van der Waals surface area contributed by atoms with E-state index >= 15 is 0 Å². The van der Waals surface area contributed by atoms with Crippen LogP contribution in [0.15, 0.2) is 89.3 Å². The molecule has 4 rings (SSSR count). The maximum absolute atomic E-state index is 13.1. The van der Waals surface area contributed by atoms with Crippen LogP contribution in [0.1, 0.15) is 11.1 Å². The molecule has 3 aromatic rings. The van der Waals surface area contributed by atoms with Gasteiger partial charge in [0.05, 0.1) is 21.3 Å². The number of nitro benzene ring substituents is 1. The highest BCUT2D eigenvalue weighted by Gasteiger charge is 2.21. The van der Waals surface area contributed by atoms with Crippen molar-refractivity contribution in [2.45, 2.75) is 15.5 Å². The fourth-order valence-corrected chi connectivity index (χ4v) is 7.15. The Morgan fingerprint density at radius 3 is 2.38 bits per heavy atom. The van der Waals surface area contributed by atoms with Crippen molar-refractivity contribution >= 4 is 77.1 Å². The van der Waals surface area contributed by atoms with E-state index in [0.717, 1.165) is 24.3 Å². The molecule has 0 aromatic heterocycles. The Labute approximate surface area is 205 Å². The van der Waals surface area contributed by atoms with Crippen LogP contribution in [0.25, 0.3) is 6.08 Å². The Balaban J connectivity index is 1.60. The largest absolute Gasteiger partial charge is 0.269 e. The van der Waals surface area contributed by atoms with Gasteiger partial charge >= 0.3 is 0 Å². The maximum Gasteiger partial charge on any atom is 0.269 e. The monoisotopic (exact) mass is 592 g/mol. The minimum atomic E-state index is -3.59. The third kappa shape index (κ3) is 5.03. The Morgan fingerprint density at radius 1 is 1.03 bits per heavy atom. The van der Waals surface area contributed by atoms with E-state index in [4.69, 9.17) is 0 Å². The zero-order valence-electron chi connectivity index (χ0n) is 16.2.